The van der Waals surface area contributed by atoms with Crippen molar-refractivity contribution >= 4 is 11.9 Å². The second-order valence-electron chi connectivity index (χ2n) is 5.09. The molecule has 104 valence electrons. The lowest BCUT2D eigenvalue weighted by Crippen LogP contribution is -2.40. The summed E-state index contributed by atoms with van der Waals surface area (Å²) in [6, 6.07) is 3.08. The molecule has 0 saturated heterocycles. The summed E-state index contributed by atoms with van der Waals surface area (Å²) >= 11 is 0. The molecule has 0 spiro atoms. The molecule has 1 aliphatic carbocycles. The number of nitrogens with zero attached hydrogens (tertiary/aromatic N) is 2. The molecule has 6 heteroatoms. The maximum absolute atomic E-state index is 12.0. The Morgan fingerprint density at radius 1 is 1.47 bits per heavy atom. The first-order valence-electron chi connectivity index (χ1n) is 6.28. The third-order valence-corrected chi connectivity index (χ3v) is 3.52. The van der Waals surface area contributed by atoms with Gasteiger partial charge >= 0.3 is 5.97 Å². The number of carbonyl (C=O) groups is 2. The minimum Gasteiger partial charge on any atom is -0.477 e. The molecule has 1 aromatic heterocycles. The highest BCUT2D eigenvalue weighted by atomic mass is 16.4. The van der Waals surface area contributed by atoms with Crippen molar-refractivity contribution in [3.63, 3.8) is 0 Å². The summed E-state index contributed by atoms with van der Waals surface area (Å²) in [5, 5.41) is 18.2. The molecule has 0 aliphatic heterocycles. The number of aromatic nitrogens is 1. The van der Waals surface area contributed by atoms with E-state index in [9.17, 15) is 14.7 Å². The number of hydrogen-bond acceptors (Lipinski definition) is 3. The monoisotopic (exact) mass is 266 g/mol. The Bertz CT molecular complexity index is 477. The number of aromatic carboxylic acids is 1. The average Bonchev–Trinajstić information content (AvgIpc) is 2.75. The second kappa shape index (κ2) is 5.44. The molecule has 1 saturated carbocycles. The van der Waals surface area contributed by atoms with Gasteiger partial charge in [0.2, 0.25) is 5.91 Å². The first kappa shape index (κ1) is 13.6. The summed E-state index contributed by atoms with van der Waals surface area (Å²) in [5.41, 5.74) is 0.112. The van der Waals surface area contributed by atoms with Gasteiger partial charge in [-0.05, 0) is 30.9 Å². The van der Waals surface area contributed by atoms with Crippen molar-refractivity contribution in [3.8, 4) is 0 Å². The minimum atomic E-state index is -1.04. The highest BCUT2D eigenvalue weighted by Gasteiger charge is 2.29. The number of rotatable bonds is 5. The molecule has 0 unspecified atom stereocenters. The van der Waals surface area contributed by atoms with Crippen LogP contribution < -0.4 is 0 Å². The molecular weight excluding hydrogens is 248 g/mol. The SMILES string of the molecule is CN(CC1CC(O)C1)C(=O)Cn1cccc1C(=O)O. The lowest BCUT2D eigenvalue weighted by atomic mass is 9.82. The highest BCUT2D eigenvalue weighted by Crippen LogP contribution is 2.27. The Balaban J connectivity index is 1.89. The van der Waals surface area contributed by atoms with Crippen molar-refractivity contribution in [2.24, 2.45) is 5.92 Å². The zero-order chi connectivity index (χ0) is 14.0. The molecule has 1 fully saturated rings. The molecule has 1 aromatic rings. The fourth-order valence-corrected chi connectivity index (χ4v) is 2.35. The number of amides is 1. The summed E-state index contributed by atoms with van der Waals surface area (Å²) in [5.74, 6) is -0.810. The standard InChI is InChI=1S/C13H18N2O4/c1-14(7-9-5-10(16)6-9)12(17)8-15-4-2-3-11(15)13(18)19/h2-4,9-10,16H,5-8H2,1H3,(H,18,19). The quantitative estimate of drug-likeness (QED) is 0.809. The fraction of sp³-hybridized carbons (Fsp3) is 0.538. The topological polar surface area (TPSA) is 82.8 Å². The predicted molar refractivity (Wildman–Crippen MR) is 67.8 cm³/mol. The molecule has 1 amide bonds. The van der Waals surface area contributed by atoms with Crippen LogP contribution in [0.5, 0.6) is 0 Å². The predicted octanol–water partition coefficient (Wildman–Crippen LogP) is 0.416. The first-order valence-corrected chi connectivity index (χ1v) is 6.28. The van der Waals surface area contributed by atoms with E-state index < -0.39 is 5.97 Å². The lowest BCUT2D eigenvalue weighted by Gasteiger charge is -2.34. The number of aliphatic hydroxyl groups excluding tert-OH is 1. The van der Waals surface area contributed by atoms with Crippen LogP contribution in [-0.4, -0.2) is 51.3 Å². The molecule has 1 heterocycles. The van der Waals surface area contributed by atoms with Gasteiger partial charge in [0.05, 0.1) is 6.10 Å². The second-order valence-corrected chi connectivity index (χ2v) is 5.09. The minimum absolute atomic E-state index is 0.0282. The van der Waals surface area contributed by atoms with Crippen molar-refractivity contribution in [1.29, 1.82) is 0 Å². The van der Waals surface area contributed by atoms with E-state index in [0.29, 0.717) is 12.5 Å². The summed E-state index contributed by atoms with van der Waals surface area (Å²) in [6.07, 6.45) is 2.84. The van der Waals surface area contributed by atoms with Gasteiger partial charge in [-0.2, -0.15) is 0 Å². The number of carboxylic acid groups (broad SMARTS) is 1. The van der Waals surface area contributed by atoms with Gasteiger partial charge in [-0.1, -0.05) is 0 Å². The molecule has 0 aromatic carbocycles. The van der Waals surface area contributed by atoms with Crippen LogP contribution in [0.15, 0.2) is 18.3 Å². The van der Waals surface area contributed by atoms with Crippen LogP contribution in [0, 0.1) is 5.92 Å². The van der Waals surface area contributed by atoms with Crippen molar-refractivity contribution < 1.29 is 19.8 Å². The van der Waals surface area contributed by atoms with E-state index in [1.165, 1.54) is 10.6 Å². The van der Waals surface area contributed by atoms with Gasteiger partial charge in [0, 0.05) is 19.8 Å². The van der Waals surface area contributed by atoms with Crippen LogP contribution in [0.4, 0.5) is 0 Å². The van der Waals surface area contributed by atoms with Crippen LogP contribution in [0.3, 0.4) is 0 Å². The third-order valence-electron chi connectivity index (χ3n) is 3.52. The van der Waals surface area contributed by atoms with Crippen molar-refractivity contribution in [3.05, 3.63) is 24.0 Å². The maximum Gasteiger partial charge on any atom is 0.352 e. The molecule has 2 N–H and O–H groups in total. The highest BCUT2D eigenvalue weighted by molar-refractivity contribution is 5.86. The van der Waals surface area contributed by atoms with Gasteiger partial charge in [0.1, 0.15) is 12.2 Å². The van der Waals surface area contributed by atoms with E-state index in [-0.39, 0.29) is 24.2 Å². The molecule has 0 atom stereocenters. The smallest absolute Gasteiger partial charge is 0.352 e. The Labute approximate surface area is 111 Å². The van der Waals surface area contributed by atoms with Gasteiger partial charge in [0.15, 0.2) is 0 Å². The van der Waals surface area contributed by atoms with Crippen molar-refractivity contribution in [2.75, 3.05) is 13.6 Å². The molecule has 6 nitrogen and oxygen atoms in total. The molecule has 0 bridgehead atoms. The summed E-state index contributed by atoms with van der Waals surface area (Å²) in [7, 11) is 1.71. The molecule has 0 radical (unpaired) electrons. The van der Waals surface area contributed by atoms with E-state index in [4.69, 9.17) is 5.11 Å². The van der Waals surface area contributed by atoms with Gasteiger partial charge in [-0.15, -0.1) is 0 Å². The van der Waals surface area contributed by atoms with E-state index in [0.717, 1.165) is 12.8 Å². The third kappa shape index (κ3) is 3.14. The number of carboxylic acids is 1. The van der Waals surface area contributed by atoms with Crippen molar-refractivity contribution in [1.82, 2.24) is 9.47 Å². The van der Waals surface area contributed by atoms with Crippen LogP contribution in [0.25, 0.3) is 0 Å². The fourth-order valence-electron chi connectivity index (χ4n) is 2.35. The molecule has 1 aliphatic rings. The van der Waals surface area contributed by atoms with E-state index >= 15 is 0 Å². The maximum atomic E-state index is 12.0. The van der Waals surface area contributed by atoms with Gasteiger partial charge in [-0.3, -0.25) is 4.79 Å². The first-order chi connectivity index (χ1) is 8.97. The Morgan fingerprint density at radius 2 is 2.16 bits per heavy atom. The van der Waals surface area contributed by atoms with E-state index in [1.807, 2.05) is 0 Å². The molecule has 19 heavy (non-hydrogen) atoms. The normalized spacial score (nSPS) is 21.8. The summed E-state index contributed by atoms with van der Waals surface area (Å²) < 4.78 is 1.43. The van der Waals surface area contributed by atoms with E-state index in [2.05, 4.69) is 0 Å². The number of carbonyl (C=O) groups excluding carboxylic acids is 1. The van der Waals surface area contributed by atoms with Crippen LogP contribution in [-0.2, 0) is 11.3 Å². The Hall–Kier alpha value is -1.82. The van der Waals surface area contributed by atoms with Crippen molar-refractivity contribution in [2.45, 2.75) is 25.5 Å². The Morgan fingerprint density at radius 3 is 2.74 bits per heavy atom. The van der Waals surface area contributed by atoms with Gasteiger partial charge in [0.25, 0.3) is 0 Å². The van der Waals surface area contributed by atoms with Crippen LogP contribution in [0.2, 0.25) is 0 Å². The molecule has 2 rings (SSSR count). The van der Waals surface area contributed by atoms with Gasteiger partial charge < -0.3 is 19.7 Å². The number of likely N-dealkylation sites (N-methyl/N-ethyl adjacent to an activating group) is 1. The Kier molecular flexibility index (Phi) is 3.90. The number of hydrogen-bond donors (Lipinski definition) is 2. The van der Waals surface area contributed by atoms with Gasteiger partial charge in [-0.25, -0.2) is 4.79 Å². The zero-order valence-corrected chi connectivity index (χ0v) is 10.8. The summed E-state index contributed by atoms with van der Waals surface area (Å²) in [6.45, 7) is 0.639. The number of aliphatic hydroxyl groups is 1. The largest absolute Gasteiger partial charge is 0.477 e. The van der Waals surface area contributed by atoms with E-state index in [1.54, 1.807) is 24.2 Å². The van der Waals surface area contributed by atoms with Crippen LogP contribution in [0.1, 0.15) is 23.3 Å². The lowest BCUT2D eigenvalue weighted by molar-refractivity contribution is -0.132. The zero-order valence-electron chi connectivity index (χ0n) is 10.8. The average molecular weight is 266 g/mol. The molecular formula is C13H18N2O4. The summed E-state index contributed by atoms with van der Waals surface area (Å²) in [4.78, 5) is 24.5. The van der Waals surface area contributed by atoms with Crippen LogP contribution >= 0.6 is 0 Å².